The van der Waals surface area contributed by atoms with Gasteiger partial charge < -0.3 is 24.2 Å². The maximum atomic E-state index is 17.1. The SMILES string of the molecule is C#Cc1c(F)ccc2cc(O)cc(-c3ncc4c(N5CC6CCC(C5)N6C(=O)OC(C)OC(=O)CCCCCCC)nc(OC[C@@]56CCCN5CC(F)C6)nc4c3F)c12. The molecule has 4 unspecified atom stereocenters. The Kier molecular flexibility index (Phi) is 11.5. The number of phenolic OH excluding ortho intramolecular Hbond substituents is 1. The zero-order valence-corrected chi connectivity index (χ0v) is 33.4. The number of aromatic nitrogens is 3. The molecular formula is C44H49F3N6O6. The van der Waals surface area contributed by atoms with Crippen LogP contribution in [-0.2, 0) is 14.3 Å². The van der Waals surface area contributed by atoms with Gasteiger partial charge in [0.25, 0.3) is 0 Å². The number of unbranched alkanes of at least 4 members (excludes halogenated alkanes) is 4. The van der Waals surface area contributed by atoms with Gasteiger partial charge >= 0.3 is 18.1 Å². The minimum atomic E-state index is -1.06. The maximum absolute atomic E-state index is 17.1. The van der Waals surface area contributed by atoms with Crippen LogP contribution in [0.1, 0.15) is 90.0 Å². The number of ether oxygens (including phenoxy) is 3. The van der Waals surface area contributed by atoms with Crippen LogP contribution in [0, 0.1) is 24.0 Å². The van der Waals surface area contributed by atoms with Gasteiger partial charge in [0, 0.05) is 56.5 Å². The second-order valence-corrected chi connectivity index (χ2v) is 16.3. The van der Waals surface area contributed by atoms with Crippen LogP contribution in [0.4, 0.5) is 23.8 Å². The van der Waals surface area contributed by atoms with Gasteiger partial charge in [0.15, 0.2) is 5.82 Å². The lowest BCUT2D eigenvalue weighted by atomic mass is 9.95. The number of fused-ring (bicyclic) bond motifs is 5. The first-order chi connectivity index (χ1) is 28.5. The van der Waals surface area contributed by atoms with Crippen molar-refractivity contribution in [2.24, 2.45) is 0 Å². The van der Waals surface area contributed by atoms with Crippen LogP contribution in [0.3, 0.4) is 0 Å². The van der Waals surface area contributed by atoms with Crippen LogP contribution in [-0.4, -0.2) is 105 Å². The minimum absolute atomic E-state index is 0.0759. The summed E-state index contributed by atoms with van der Waals surface area (Å²) in [6, 6.07) is 4.63. The molecule has 2 bridgehead atoms. The largest absolute Gasteiger partial charge is 0.508 e. The average molecular weight is 815 g/mol. The molecule has 0 spiro atoms. The van der Waals surface area contributed by atoms with Gasteiger partial charge in [-0.05, 0) is 62.2 Å². The van der Waals surface area contributed by atoms with Gasteiger partial charge in [0.1, 0.15) is 41.4 Å². The van der Waals surface area contributed by atoms with Gasteiger partial charge in [-0.2, -0.15) is 9.97 Å². The van der Waals surface area contributed by atoms with E-state index in [1.165, 1.54) is 37.4 Å². The number of esters is 1. The van der Waals surface area contributed by atoms with Crippen LogP contribution in [0.5, 0.6) is 11.8 Å². The summed E-state index contributed by atoms with van der Waals surface area (Å²) in [6.07, 6.45) is 13.0. The number of carbonyl (C=O) groups is 2. The number of halogens is 3. The van der Waals surface area contributed by atoms with E-state index in [-0.39, 0.29) is 70.0 Å². The molecule has 2 aromatic carbocycles. The van der Waals surface area contributed by atoms with E-state index in [4.69, 9.17) is 25.6 Å². The van der Waals surface area contributed by atoms with Crippen molar-refractivity contribution in [3.63, 3.8) is 0 Å². The first kappa shape index (κ1) is 40.4. The monoisotopic (exact) mass is 814 g/mol. The summed E-state index contributed by atoms with van der Waals surface area (Å²) in [7, 11) is 0. The van der Waals surface area contributed by atoms with E-state index in [2.05, 4.69) is 27.7 Å². The van der Waals surface area contributed by atoms with E-state index in [0.29, 0.717) is 56.5 Å². The topological polar surface area (TPSA) is 130 Å². The second-order valence-electron chi connectivity index (χ2n) is 16.3. The number of terminal acetylenes is 1. The van der Waals surface area contributed by atoms with Crippen molar-refractivity contribution in [3.05, 3.63) is 47.7 Å². The number of anilines is 1. The highest BCUT2D eigenvalue weighted by Crippen LogP contribution is 2.43. The Bertz CT molecular complexity index is 2290. The summed E-state index contributed by atoms with van der Waals surface area (Å²) in [5.74, 6) is 0.534. The smallest absolute Gasteiger partial charge is 0.413 e. The number of hydrogen-bond donors (Lipinski definition) is 1. The molecule has 0 radical (unpaired) electrons. The number of piperazine rings is 1. The molecule has 1 N–H and O–H groups in total. The molecule has 59 heavy (non-hydrogen) atoms. The van der Waals surface area contributed by atoms with Crippen LogP contribution in [0.15, 0.2) is 30.5 Å². The summed E-state index contributed by atoms with van der Waals surface area (Å²) < 4.78 is 64.1. The van der Waals surface area contributed by atoms with Gasteiger partial charge in [-0.15, -0.1) is 6.42 Å². The van der Waals surface area contributed by atoms with Gasteiger partial charge in [-0.25, -0.2) is 18.0 Å². The van der Waals surface area contributed by atoms with Crippen LogP contribution in [0.2, 0.25) is 0 Å². The number of aromatic hydroxyl groups is 1. The number of pyridine rings is 1. The van der Waals surface area contributed by atoms with Crippen molar-refractivity contribution >= 4 is 39.6 Å². The molecule has 4 aliphatic rings. The number of rotatable bonds is 13. The highest BCUT2D eigenvalue weighted by atomic mass is 19.1. The third-order valence-corrected chi connectivity index (χ3v) is 12.4. The number of amides is 1. The number of alkyl halides is 1. The normalized spacial score (nSPS) is 23.1. The molecule has 312 valence electrons. The Hall–Kier alpha value is -5.36. The highest BCUT2D eigenvalue weighted by Gasteiger charge is 2.50. The lowest BCUT2D eigenvalue weighted by molar-refractivity contribution is -0.166. The molecule has 5 atom stereocenters. The predicted octanol–water partition coefficient (Wildman–Crippen LogP) is 7.80. The van der Waals surface area contributed by atoms with E-state index >= 15 is 8.78 Å². The summed E-state index contributed by atoms with van der Waals surface area (Å²) in [4.78, 5) is 45.5. The Morgan fingerprint density at radius 3 is 2.61 bits per heavy atom. The minimum Gasteiger partial charge on any atom is -0.508 e. The molecule has 0 aliphatic carbocycles. The van der Waals surface area contributed by atoms with Gasteiger partial charge in [-0.1, -0.05) is 44.6 Å². The van der Waals surface area contributed by atoms with Crippen molar-refractivity contribution in [3.8, 4) is 35.4 Å². The molecule has 4 fully saturated rings. The summed E-state index contributed by atoms with van der Waals surface area (Å²) in [5.41, 5.74) is -0.901. The van der Waals surface area contributed by atoms with Crippen molar-refractivity contribution in [1.29, 1.82) is 0 Å². The Morgan fingerprint density at radius 2 is 1.85 bits per heavy atom. The fourth-order valence-electron chi connectivity index (χ4n) is 9.63. The van der Waals surface area contributed by atoms with E-state index in [9.17, 15) is 19.1 Å². The van der Waals surface area contributed by atoms with Crippen LogP contribution >= 0.6 is 0 Å². The number of benzene rings is 2. The predicted molar refractivity (Wildman–Crippen MR) is 215 cm³/mol. The molecule has 15 heteroatoms. The zero-order valence-electron chi connectivity index (χ0n) is 33.4. The average Bonchev–Trinajstić information content (AvgIpc) is 3.83. The summed E-state index contributed by atoms with van der Waals surface area (Å²) in [5, 5.41) is 11.5. The molecule has 1 amide bonds. The Morgan fingerprint density at radius 1 is 1.07 bits per heavy atom. The number of phenols is 1. The second kappa shape index (κ2) is 16.7. The van der Waals surface area contributed by atoms with Crippen molar-refractivity contribution in [2.45, 2.75) is 115 Å². The first-order valence-electron chi connectivity index (χ1n) is 20.7. The molecule has 4 saturated heterocycles. The van der Waals surface area contributed by atoms with E-state index in [0.717, 1.165) is 45.1 Å². The number of hydrogen-bond acceptors (Lipinski definition) is 11. The fraction of sp³-hybridized carbons (Fsp3) is 0.523. The standard InChI is InChI=1S/C44H49F3N6O6/c1-4-6-7-8-9-11-36(55)58-26(3)59-43(56)53-29-13-14-30(53)24-51(23-29)41-34-21-48-39(33-19-31(54)18-27-12-15-35(46)32(5-2)37(27)33)38(47)40(34)49-42(50-41)57-25-44-16-10-17-52(44)22-28(45)20-44/h2,12,15,18-19,21,26,28-30,54H,4,6-11,13-14,16-17,20,22-25H2,1,3H3/t26?,28?,29?,30?,44-/m0/s1. The van der Waals surface area contributed by atoms with E-state index < -0.39 is 41.7 Å². The van der Waals surface area contributed by atoms with Gasteiger partial charge in [-0.3, -0.25) is 19.6 Å². The molecule has 2 aromatic heterocycles. The molecule has 6 heterocycles. The van der Waals surface area contributed by atoms with Crippen LogP contribution < -0.4 is 9.64 Å². The lowest BCUT2D eigenvalue weighted by Gasteiger charge is -2.41. The molecule has 4 aromatic rings. The summed E-state index contributed by atoms with van der Waals surface area (Å²) >= 11 is 0. The van der Waals surface area contributed by atoms with Crippen molar-refractivity contribution in [2.75, 3.05) is 37.7 Å². The number of carbonyl (C=O) groups excluding carboxylic acids is 2. The first-order valence-corrected chi connectivity index (χ1v) is 20.7. The number of nitrogens with zero attached hydrogens (tertiary/aromatic N) is 6. The molecule has 0 saturated carbocycles. The van der Waals surface area contributed by atoms with Crippen molar-refractivity contribution in [1.82, 2.24) is 24.8 Å². The highest BCUT2D eigenvalue weighted by molar-refractivity contribution is 6.03. The molecule has 4 aliphatic heterocycles. The third kappa shape index (κ3) is 7.91. The zero-order chi connectivity index (χ0) is 41.4. The van der Waals surface area contributed by atoms with Gasteiger partial charge in [0.05, 0.1) is 28.6 Å². The third-order valence-electron chi connectivity index (χ3n) is 12.4. The molecule has 12 nitrogen and oxygen atoms in total. The van der Waals surface area contributed by atoms with Crippen LogP contribution in [0.25, 0.3) is 32.9 Å². The van der Waals surface area contributed by atoms with Crippen molar-refractivity contribution < 1.29 is 42.1 Å². The lowest BCUT2D eigenvalue weighted by Crippen LogP contribution is -2.56. The summed E-state index contributed by atoms with van der Waals surface area (Å²) in [6.45, 7) is 5.47. The maximum Gasteiger partial charge on any atom is 0.413 e. The van der Waals surface area contributed by atoms with E-state index in [1.54, 1.807) is 4.90 Å². The Labute approximate surface area is 341 Å². The molecular weight excluding hydrogens is 766 g/mol. The fourth-order valence-corrected chi connectivity index (χ4v) is 9.63. The molecule has 8 rings (SSSR count). The van der Waals surface area contributed by atoms with Gasteiger partial charge in [0.2, 0.25) is 6.29 Å². The quantitative estimate of drug-likeness (QED) is 0.0614. The van der Waals surface area contributed by atoms with E-state index in [1.807, 2.05) is 4.90 Å². The Balaban J connectivity index is 1.09.